The molecule has 2 aromatic carbocycles. The third-order valence-electron chi connectivity index (χ3n) is 4.69. The van der Waals surface area contributed by atoms with Crippen LogP contribution in [0.1, 0.15) is 23.6 Å². The number of amides is 1. The smallest absolute Gasteiger partial charge is 0.250 e. The van der Waals surface area contributed by atoms with E-state index in [1.807, 2.05) is 30.3 Å². The largest absolute Gasteiger partial charge is 0.392 e. The number of nitrogens with zero attached hydrogens (tertiary/aromatic N) is 2. The van der Waals surface area contributed by atoms with Gasteiger partial charge in [0.15, 0.2) is 0 Å². The quantitative estimate of drug-likeness (QED) is 0.566. The van der Waals surface area contributed by atoms with Gasteiger partial charge in [-0.2, -0.15) is 0 Å². The number of aliphatic hydroxyl groups is 1. The molecule has 1 aliphatic rings. The van der Waals surface area contributed by atoms with E-state index in [0.717, 1.165) is 17.2 Å². The molecule has 2 atom stereocenters. The van der Waals surface area contributed by atoms with Gasteiger partial charge in [-0.25, -0.2) is 5.06 Å². The Morgan fingerprint density at radius 2 is 1.85 bits per heavy atom. The summed E-state index contributed by atoms with van der Waals surface area (Å²) in [5.74, 6) is -0.443. The highest BCUT2D eigenvalue weighted by Crippen LogP contribution is 2.25. The minimum absolute atomic E-state index is 0.0112. The highest BCUT2D eigenvalue weighted by Gasteiger charge is 2.29. The van der Waals surface area contributed by atoms with Crippen molar-refractivity contribution in [2.45, 2.75) is 25.0 Å². The van der Waals surface area contributed by atoms with Crippen molar-refractivity contribution in [2.24, 2.45) is 0 Å². The van der Waals surface area contributed by atoms with E-state index in [9.17, 15) is 15.1 Å². The molecule has 0 aromatic heterocycles. The van der Waals surface area contributed by atoms with Crippen LogP contribution in [-0.2, 0) is 11.2 Å². The summed E-state index contributed by atoms with van der Waals surface area (Å²) in [5.41, 5.74) is 1.47. The van der Waals surface area contributed by atoms with Crippen LogP contribution >= 0.6 is 23.2 Å². The van der Waals surface area contributed by atoms with Gasteiger partial charge in [-0.1, -0.05) is 53.5 Å². The first kappa shape index (κ1) is 20.1. The van der Waals surface area contributed by atoms with E-state index in [0.29, 0.717) is 35.1 Å². The number of hydroxylamine groups is 2. The fraction of sp³-hybridized carbons (Fsp3) is 0.350. The number of aliphatic hydroxyl groups excluding tert-OH is 1. The fourth-order valence-electron chi connectivity index (χ4n) is 3.36. The van der Waals surface area contributed by atoms with Gasteiger partial charge in [0.25, 0.3) is 5.91 Å². The van der Waals surface area contributed by atoms with Crippen molar-refractivity contribution in [3.05, 3.63) is 69.7 Å². The zero-order valence-corrected chi connectivity index (χ0v) is 16.3. The van der Waals surface area contributed by atoms with Crippen LogP contribution in [0.4, 0.5) is 0 Å². The van der Waals surface area contributed by atoms with Crippen LogP contribution < -0.4 is 0 Å². The molecule has 27 heavy (non-hydrogen) atoms. The molecular formula is C20H22Cl2N2O3. The van der Waals surface area contributed by atoms with Crippen LogP contribution in [0.3, 0.4) is 0 Å². The highest BCUT2D eigenvalue weighted by molar-refractivity contribution is 6.34. The molecule has 2 N–H and O–H groups in total. The monoisotopic (exact) mass is 408 g/mol. The molecule has 0 unspecified atom stereocenters. The highest BCUT2D eigenvalue weighted by atomic mass is 35.5. The first-order valence-corrected chi connectivity index (χ1v) is 9.59. The second-order valence-corrected chi connectivity index (χ2v) is 7.69. The van der Waals surface area contributed by atoms with E-state index in [-0.39, 0.29) is 12.5 Å². The maximum absolute atomic E-state index is 12.7. The average molecular weight is 409 g/mol. The van der Waals surface area contributed by atoms with Crippen LogP contribution in [0.5, 0.6) is 0 Å². The van der Waals surface area contributed by atoms with Crippen LogP contribution in [0.25, 0.3) is 0 Å². The molecule has 1 aliphatic heterocycles. The lowest BCUT2D eigenvalue weighted by Gasteiger charge is -2.30. The molecular weight excluding hydrogens is 387 g/mol. The first-order chi connectivity index (χ1) is 12.9. The zero-order valence-electron chi connectivity index (χ0n) is 14.8. The van der Waals surface area contributed by atoms with Gasteiger partial charge in [-0.05, 0) is 35.7 Å². The summed E-state index contributed by atoms with van der Waals surface area (Å²) in [4.78, 5) is 14.8. The summed E-state index contributed by atoms with van der Waals surface area (Å²) in [7, 11) is 0. The van der Waals surface area contributed by atoms with Gasteiger partial charge in [-0.3, -0.25) is 14.9 Å². The maximum Gasteiger partial charge on any atom is 0.250 e. The summed E-state index contributed by atoms with van der Waals surface area (Å²) in [6, 6.07) is 13.8. The van der Waals surface area contributed by atoms with Crippen molar-refractivity contribution in [3.63, 3.8) is 0 Å². The van der Waals surface area contributed by atoms with Gasteiger partial charge < -0.3 is 5.11 Å². The van der Waals surface area contributed by atoms with E-state index >= 15 is 0 Å². The second-order valence-electron chi connectivity index (χ2n) is 6.82. The number of benzene rings is 2. The summed E-state index contributed by atoms with van der Waals surface area (Å²) in [6.45, 7) is 1.71. The Hall–Kier alpha value is -1.63. The number of β-amino-alcohol motifs (C(OH)–C–C–N with tert-alkyl or cyclic N) is 1. The molecule has 144 valence electrons. The maximum atomic E-state index is 12.7. The lowest BCUT2D eigenvalue weighted by atomic mass is 10.0. The standard InChI is InChI=1S/C20H22Cl2N2O3/c21-16-8-14(9-17(22)11-16)10-20(26)24(27)19(15-4-2-1-3-5-15)13-23-7-6-18(25)12-23/h1-5,8-9,11,18-19,25,27H,6-7,10,12-13H2/t18-,19+/m0/s1. The molecule has 0 aliphatic carbocycles. The Labute approximate surface area is 168 Å². The topological polar surface area (TPSA) is 64.0 Å². The van der Waals surface area contributed by atoms with Crippen LogP contribution in [0.15, 0.2) is 48.5 Å². The van der Waals surface area contributed by atoms with Crippen molar-refractivity contribution < 1.29 is 15.1 Å². The summed E-state index contributed by atoms with van der Waals surface area (Å²) >= 11 is 12.0. The van der Waals surface area contributed by atoms with Gasteiger partial charge in [0.05, 0.1) is 18.6 Å². The van der Waals surface area contributed by atoms with Gasteiger partial charge >= 0.3 is 0 Å². The van der Waals surface area contributed by atoms with E-state index in [1.165, 1.54) is 0 Å². The molecule has 0 bridgehead atoms. The summed E-state index contributed by atoms with van der Waals surface area (Å²) in [5, 5.41) is 22.1. The van der Waals surface area contributed by atoms with Crippen LogP contribution in [0.2, 0.25) is 10.0 Å². The van der Waals surface area contributed by atoms with E-state index < -0.39 is 11.9 Å². The number of carbonyl (C=O) groups is 1. The lowest BCUT2D eigenvalue weighted by molar-refractivity contribution is -0.177. The number of hydrogen-bond donors (Lipinski definition) is 2. The van der Waals surface area contributed by atoms with Crippen LogP contribution in [0, 0.1) is 0 Å². The Balaban J connectivity index is 1.76. The van der Waals surface area contributed by atoms with Gasteiger partial charge in [0.2, 0.25) is 0 Å². The molecule has 1 amide bonds. The normalized spacial score (nSPS) is 18.4. The number of carbonyl (C=O) groups excluding carboxylic acids is 1. The van der Waals surface area contributed by atoms with Crippen molar-refractivity contribution >= 4 is 29.1 Å². The number of halogens is 2. The Kier molecular flexibility index (Phi) is 6.73. The molecule has 7 heteroatoms. The average Bonchev–Trinajstić information content (AvgIpc) is 3.04. The van der Waals surface area contributed by atoms with Gasteiger partial charge in [-0.15, -0.1) is 0 Å². The minimum Gasteiger partial charge on any atom is -0.392 e. The van der Waals surface area contributed by atoms with Crippen molar-refractivity contribution in [1.29, 1.82) is 0 Å². The van der Waals surface area contributed by atoms with Crippen molar-refractivity contribution in [1.82, 2.24) is 9.96 Å². The lowest BCUT2D eigenvalue weighted by Crippen LogP contribution is -2.40. The van der Waals surface area contributed by atoms with E-state index in [2.05, 4.69) is 4.90 Å². The number of hydrogen-bond acceptors (Lipinski definition) is 4. The molecule has 1 saturated heterocycles. The van der Waals surface area contributed by atoms with Gasteiger partial charge in [0, 0.05) is 29.7 Å². The number of rotatable bonds is 6. The number of likely N-dealkylation sites (tertiary alicyclic amines) is 1. The molecule has 3 rings (SSSR count). The Bertz CT molecular complexity index is 768. The van der Waals surface area contributed by atoms with Crippen molar-refractivity contribution in [2.75, 3.05) is 19.6 Å². The van der Waals surface area contributed by atoms with E-state index in [4.69, 9.17) is 23.2 Å². The Morgan fingerprint density at radius 3 is 2.44 bits per heavy atom. The zero-order chi connectivity index (χ0) is 19.4. The summed E-state index contributed by atoms with van der Waals surface area (Å²) < 4.78 is 0. The predicted octanol–water partition coefficient (Wildman–Crippen LogP) is 3.56. The minimum atomic E-state index is -0.529. The van der Waals surface area contributed by atoms with E-state index in [1.54, 1.807) is 18.2 Å². The first-order valence-electron chi connectivity index (χ1n) is 8.83. The SMILES string of the molecule is O=C(Cc1cc(Cl)cc(Cl)c1)N(O)[C@H](CN1CC[C@H](O)C1)c1ccccc1. The molecule has 0 saturated carbocycles. The molecule has 5 nitrogen and oxygen atoms in total. The van der Waals surface area contributed by atoms with Crippen molar-refractivity contribution in [3.8, 4) is 0 Å². The van der Waals surface area contributed by atoms with Crippen LogP contribution in [-0.4, -0.2) is 51.9 Å². The molecule has 2 aromatic rings. The van der Waals surface area contributed by atoms with Gasteiger partial charge in [0.1, 0.15) is 0 Å². The molecule has 1 heterocycles. The third-order valence-corrected chi connectivity index (χ3v) is 5.13. The molecule has 0 radical (unpaired) electrons. The fourth-order valence-corrected chi connectivity index (χ4v) is 3.94. The predicted molar refractivity (Wildman–Crippen MR) is 105 cm³/mol. The molecule has 0 spiro atoms. The molecule has 1 fully saturated rings. The summed E-state index contributed by atoms with van der Waals surface area (Å²) in [6.07, 6.45) is 0.322. The Morgan fingerprint density at radius 1 is 1.19 bits per heavy atom. The second kappa shape index (κ2) is 9.04. The third kappa shape index (κ3) is 5.43.